The molecule has 0 atom stereocenters. The molecule has 0 heterocycles. The fourth-order valence-electron chi connectivity index (χ4n) is 2.25. The van der Waals surface area contributed by atoms with Gasteiger partial charge >= 0.3 is 0 Å². The number of hydrogen-bond donors (Lipinski definition) is 1. The fraction of sp³-hybridized carbons (Fsp3) is 0.316. The third-order valence-electron chi connectivity index (χ3n) is 3.55. The van der Waals surface area contributed by atoms with Gasteiger partial charge in [-0.1, -0.05) is 51.1 Å². The second-order valence-corrected chi connectivity index (χ2v) is 5.58. The third-order valence-corrected chi connectivity index (χ3v) is 3.55. The lowest BCUT2D eigenvalue weighted by Gasteiger charge is -2.13. The minimum Gasteiger partial charge on any atom is -0.483 e. The van der Waals surface area contributed by atoms with Gasteiger partial charge in [0, 0.05) is 5.69 Å². The average Bonchev–Trinajstić information content (AvgIpc) is 2.54. The van der Waals surface area contributed by atoms with E-state index >= 15 is 0 Å². The molecule has 116 valence electrons. The molecular formula is C19H23NO2. The van der Waals surface area contributed by atoms with E-state index in [9.17, 15) is 4.79 Å². The van der Waals surface area contributed by atoms with Gasteiger partial charge in [-0.2, -0.15) is 0 Å². The first-order chi connectivity index (χ1) is 10.6. The highest BCUT2D eigenvalue weighted by molar-refractivity contribution is 5.91. The van der Waals surface area contributed by atoms with E-state index in [0.717, 1.165) is 23.4 Å². The van der Waals surface area contributed by atoms with Gasteiger partial charge < -0.3 is 10.1 Å². The highest BCUT2D eigenvalue weighted by Crippen LogP contribution is 2.25. The average molecular weight is 297 g/mol. The molecule has 0 saturated carbocycles. The van der Waals surface area contributed by atoms with Crippen LogP contribution in [0.4, 0.5) is 5.69 Å². The standard InChI is InChI=1S/C19H23NO2/c1-4-15-9-11-16(12-10-15)20-19(21)13-22-18-8-6-5-7-17(18)14(2)3/h5-12,14H,4,13H2,1-3H3,(H,20,21). The molecule has 1 N–H and O–H groups in total. The zero-order valence-electron chi connectivity index (χ0n) is 13.4. The molecule has 3 nitrogen and oxygen atoms in total. The van der Waals surface area contributed by atoms with Crippen LogP contribution >= 0.6 is 0 Å². The van der Waals surface area contributed by atoms with Gasteiger partial charge in [0.1, 0.15) is 5.75 Å². The molecule has 22 heavy (non-hydrogen) atoms. The van der Waals surface area contributed by atoms with Gasteiger partial charge in [-0.05, 0) is 41.7 Å². The van der Waals surface area contributed by atoms with Crippen LogP contribution in [0.25, 0.3) is 0 Å². The summed E-state index contributed by atoms with van der Waals surface area (Å²) in [6.07, 6.45) is 0.989. The number of hydrogen-bond acceptors (Lipinski definition) is 2. The number of carbonyl (C=O) groups excluding carboxylic acids is 1. The van der Waals surface area contributed by atoms with Crippen molar-refractivity contribution in [2.45, 2.75) is 33.1 Å². The predicted molar refractivity (Wildman–Crippen MR) is 90.5 cm³/mol. The summed E-state index contributed by atoms with van der Waals surface area (Å²) < 4.78 is 5.67. The zero-order valence-corrected chi connectivity index (χ0v) is 13.4. The highest BCUT2D eigenvalue weighted by Gasteiger charge is 2.09. The molecule has 0 radical (unpaired) electrons. The number of nitrogens with one attached hydrogen (secondary N) is 1. The van der Waals surface area contributed by atoms with Gasteiger partial charge in [-0.3, -0.25) is 4.79 Å². The summed E-state index contributed by atoms with van der Waals surface area (Å²) in [6, 6.07) is 15.7. The smallest absolute Gasteiger partial charge is 0.262 e. The SMILES string of the molecule is CCc1ccc(NC(=O)COc2ccccc2C(C)C)cc1. The number of para-hydroxylation sites is 1. The maximum absolute atomic E-state index is 12.0. The van der Waals surface area contributed by atoms with Crippen LogP contribution < -0.4 is 10.1 Å². The number of benzene rings is 2. The van der Waals surface area contributed by atoms with Crippen molar-refractivity contribution < 1.29 is 9.53 Å². The van der Waals surface area contributed by atoms with Crippen molar-refractivity contribution in [3.63, 3.8) is 0 Å². The van der Waals surface area contributed by atoms with Crippen LogP contribution in [-0.4, -0.2) is 12.5 Å². The van der Waals surface area contributed by atoms with Crippen LogP contribution in [-0.2, 0) is 11.2 Å². The first kappa shape index (κ1) is 16.1. The molecule has 0 unspecified atom stereocenters. The van der Waals surface area contributed by atoms with Crippen molar-refractivity contribution in [2.24, 2.45) is 0 Å². The number of rotatable bonds is 6. The topological polar surface area (TPSA) is 38.3 Å². The highest BCUT2D eigenvalue weighted by atomic mass is 16.5. The monoisotopic (exact) mass is 297 g/mol. The van der Waals surface area contributed by atoms with Gasteiger partial charge in [0.25, 0.3) is 5.91 Å². The van der Waals surface area contributed by atoms with E-state index in [1.807, 2.05) is 48.5 Å². The first-order valence-electron chi connectivity index (χ1n) is 7.70. The lowest BCUT2D eigenvalue weighted by Crippen LogP contribution is -2.20. The van der Waals surface area contributed by atoms with Gasteiger partial charge in [0.15, 0.2) is 6.61 Å². The van der Waals surface area contributed by atoms with E-state index in [1.54, 1.807) is 0 Å². The Morgan fingerprint density at radius 2 is 1.77 bits per heavy atom. The summed E-state index contributed by atoms with van der Waals surface area (Å²) in [7, 11) is 0. The Bertz CT molecular complexity index is 618. The molecule has 1 amide bonds. The fourth-order valence-corrected chi connectivity index (χ4v) is 2.25. The third kappa shape index (κ3) is 4.35. The van der Waals surface area contributed by atoms with Crippen LogP contribution in [0.2, 0.25) is 0 Å². The van der Waals surface area contributed by atoms with E-state index in [4.69, 9.17) is 4.74 Å². The summed E-state index contributed by atoms with van der Waals surface area (Å²) in [5, 5.41) is 2.85. The predicted octanol–water partition coefficient (Wildman–Crippen LogP) is 4.39. The minimum atomic E-state index is -0.150. The maximum Gasteiger partial charge on any atom is 0.262 e. The normalized spacial score (nSPS) is 10.5. The Hall–Kier alpha value is -2.29. The molecule has 0 aliphatic rings. The summed E-state index contributed by atoms with van der Waals surface area (Å²) in [6.45, 7) is 6.34. The molecule has 2 aromatic carbocycles. The summed E-state index contributed by atoms with van der Waals surface area (Å²) in [5.74, 6) is 0.984. The first-order valence-corrected chi connectivity index (χ1v) is 7.70. The maximum atomic E-state index is 12.0. The molecule has 2 aromatic rings. The quantitative estimate of drug-likeness (QED) is 0.858. The number of amides is 1. The molecule has 2 rings (SSSR count). The van der Waals surface area contributed by atoms with Crippen molar-refractivity contribution in [1.82, 2.24) is 0 Å². The van der Waals surface area contributed by atoms with Gasteiger partial charge in [-0.15, -0.1) is 0 Å². The molecule has 0 aromatic heterocycles. The molecule has 0 spiro atoms. The van der Waals surface area contributed by atoms with Crippen LogP contribution in [0.3, 0.4) is 0 Å². The Labute approximate surface area is 132 Å². The van der Waals surface area contributed by atoms with Crippen molar-refractivity contribution in [3.05, 3.63) is 59.7 Å². The molecule has 0 aliphatic carbocycles. The Balaban J connectivity index is 1.92. The number of ether oxygens (including phenoxy) is 1. The van der Waals surface area contributed by atoms with E-state index in [-0.39, 0.29) is 12.5 Å². The molecular weight excluding hydrogens is 274 g/mol. The van der Waals surface area contributed by atoms with Crippen molar-refractivity contribution in [1.29, 1.82) is 0 Å². The molecule has 0 bridgehead atoms. The molecule has 3 heteroatoms. The lowest BCUT2D eigenvalue weighted by molar-refractivity contribution is -0.118. The Morgan fingerprint density at radius 3 is 2.41 bits per heavy atom. The van der Waals surface area contributed by atoms with Gasteiger partial charge in [-0.25, -0.2) is 0 Å². The number of aryl methyl sites for hydroxylation is 1. The minimum absolute atomic E-state index is 0.0132. The van der Waals surface area contributed by atoms with E-state index in [1.165, 1.54) is 5.56 Å². The largest absolute Gasteiger partial charge is 0.483 e. The summed E-state index contributed by atoms with van der Waals surface area (Å²) >= 11 is 0. The van der Waals surface area contributed by atoms with E-state index in [2.05, 4.69) is 26.1 Å². The van der Waals surface area contributed by atoms with Crippen LogP contribution in [0.5, 0.6) is 5.75 Å². The second kappa shape index (κ2) is 7.64. The molecule has 0 saturated heterocycles. The van der Waals surface area contributed by atoms with Crippen molar-refractivity contribution >= 4 is 11.6 Å². The van der Waals surface area contributed by atoms with Crippen LogP contribution in [0, 0.1) is 0 Å². The summed E-state index contributed by atoms with van der Waals surface area (Å²) in [4.78, 5) is 12.0. The van der Waals surface area contributed by atoms with Crippen LogP contribution in [0.1, 0.15) is 37.8 Å². The van der Waals surface area contributed by atoms with Crippen molar-refractivity contribution in [3.8, 4) is 5.75 Å². The van der Waals surface area contributed by atoms with Gasteiger partial charge in [0.05, 0.1) is 0 Å². The zero-order chi connectivity index (χ0) is 15.9. The summed E-state index contributed by atoms with van der Waals surface area (Å²) in [5.41, 5.74) is 3.16. The van der Waals surface area contributed by atoms with E-state index in [0.29, 0.717) is 5.92 Å². The Morgan fingerprint density at radius 1 is 1.09 bits per heavy atom. The Kier molecular flexibility index (Phi) is 5.59. The second-order valence-electron chi connectivity index (χ2n) is 5.58. The van der Waals surface area contributed by atoms with E-state index < -0.39 is 0 Å². The molecule has 0 aliphatic heterocycles. The number of carbonyl (C=O) groups is 1. The van der Waals surface area contributed by atoms with Gasteiger partial charge in [0.2, 0.25) is 0 Å². The van der Waals surface area contributed by atoms with Crippen molar-refractivity contribution in [2.75, 3.05) is 11.9 Å². The number of anilines is 1. The van der Waals surface area contributed by atoms with Crippen LogP contribution in [0.15, 0.2) is 48.5 Å². The molecule has 0 fully saturated rings. The lowest BCUT2D eigenvalue weighted by atomic mass is 10.0.